The maximum atomic E-state index is 13.4. The van der Waals surface area contributed by atoms with Crippen molar-refractivity contribution >= 4 is 0 Å². The standard InChI is InChI=1S/C17H20FNO/c1-12-8-9-14(18)10-13(12)11-16(19-2)15-6-4-5-7-17(15)20-3/h4-10,16,19H,11H2,1-3H3. The first kappa shape index (κ1) is 14.5. The molecule has 0 saturated heterocycles. The van der Waals surface area contributed by atoms with Crippen molar-refractivity contribution in [3.8, 4) is 5.75 Å². The smallest absolute Gasteiger partial charge is 0.123 e. The van der Waals surface area contributed by atoms with Crippen LogP contribution in [-0.2, 0) is 6.42 Å². The predicted octanol–water partition coefficient (Wildman–Crippen LogP) is 3.65. The number of likely N-dealkylation sites (N-methyl/N-ethyl adjacent to an activating group) is 1. The van der Waals surface area contributed by atoms with Gasteiger partial charge in [-0.15, -0.1) is 0 Å². The van der Waals surface area contributed by atoms with Crippen LogP contribution in [-0.4, -0.2) is 14.2 Å². The molecule has 0 amide bonds. The summed E-state index contributed by atoms with van der Waals surface area (Å²) in [5.41, 5.74) is 3.19. The van der Waals surface area contributed by atoms with Gasteiger partial charge in [-0.2, -0.15) is 0 Å². The van der Waals surface area contributed by atoms with E-state index in [4.69, 9.17) is 4.74 Å². The zero-order chi connectivity index (χ0) is 14.5. The molecule has 20 heavy (non-hydrogen) atoms. The van der Waals surface area contributed by atoms with Crippen LogP contribution in [0.5, 0.6) is 5.75 Å². The van der Waals surface area contributed by atoms with Crippen LogP contribution in [0.2, 0.25) is 0 Å². The fraction of sp³-hybridized carbons (Fsp3) is 0.294. The largest absolute Gasteiger partial charge is 0.496 e. The maximum absolute atomic E-state index is 13.4. The van der Waals surface area contributed by atoms with Crippen molar-refractivity contribution in [2.24, 2.45) is 0 Å². The topological polar surface area (TPSA) is 21.3 Å². The monoisotopic (exact) mass is 273 g/mol. The van der Waals surface area contributed by atoms with Crippen molar-refractivity contribution in [2.75, 3.05) is 14.2 Å². The summed E-state index contributed by atoms with van der Waals surface area (Å²) in [6.07, 6.45) is 0.723. The Labute approximate surface area is 119 Å². The molecule has 0 saturated carbocycles. The van der Waals surface area contributed by atoms with E-state index in [-0.39, 0.29) is 11.9 Å². The first-order valence-electron chi connectivity index (χ1n) is 6.71. The van der Waals surface area contributed by atoms with Gasteiger partial charge in [0.25, 0.3) is 0 Å². The second kappa shape index (κ2) is 6.53. The molecule has 0 aliphatic rings. The summed E-state index contributed by atoms with van der Waals surface area (Å²) in [5.74, 6) is 0.654. The molecule has 0 fully saturated rings. The Hall–Kier alpha value is -1.87. The van der Waals surface area contributed by atoms with Crippen LogP contribution in [0.1, 0.15) is 22.7 Å². The van der Waals surface area contributed by atoms with Crippen LogP contribution in [0.4, 0.5) is 4.39 Å². The third-order valence-electron chi connectivity index (χ3n) is 3.60. The Morgan fingerprint density at radius 1 is 1.20 bits per heavy atom. The molecular weight excluding hydrogens is 253 g/mol. The van der Waals surface area contributed by atoms with Crippen LogP contribution >= 0.6 is 0 Å². The quantitative estimate of drug-likeness (QED) is 0.898. The number of nitrogens with one attached hydrogen (secondary N) is 1. The number of rotatable bonds is 5. The fourth-order valence-electron chi connectivity index (χ4n) is 2.40. The number of para-hydroxylation sites is 1. The van der Waals surface area contributed by atoms with E-state index < -0.39 is 0 Å². The number of methoxy groups -OCH3 is 1. The van der Waals surface area contributed by atoms with Crippen LogP contribution < -0.4 is 10.1 Å². The van der Waals surface area contributed by atoms with E-state index in [2.05, 4.69) is 5.32 Å². The van der Waals surface area contributed by atoms with Gasteiger partial charge in [0.15, 0.2) is 0 Å². The second-order valence-electron chi connectivity index (χ2n) is 4.86. The number of ether oxygens (including phenoxy) is 1. The fourth-order valence-corrected chi connectivity index (χ4v) is 2.40. The van der Waals surface area contributed by atoms with Gasteiger partial charge in [0.05, 0.1) is 7.11 Å². The van der Waals surface area contributed by atoms with Crippen molar-refractivity contribution in [1.82, 2.24) is 5.32 Å². The number of benzene rings is 2. The summed E-state index contributed by atoms with van der Waals surface area (Å²) in [4.78, 5) is 0. The Balaban J connectivity index is 2.31. The Bertz CT molecular complexity index is 583. The molecule has 0 aromatic heterocycles. The third-order valence-corrected chi connectivity index (χ3v) is 3.60. The molecule has 1 N–H and O–H groups in total. The Morgan fingerprint density at radius 2 is 1.95 bits per heavy atom. The van der Waals surface area contributed by atoms with E-state index in [0.29, 0.717) is 0 Å². The van der Waals surface area contributed by atoms with Crippen molar-refractivity contribution in [1.29, 1.82) is 0 Å². The molecule has 1 atom stereocenters. The van der Waals surface area contributed by atoms with E-state index in [1.54, 1.807) is 13.2 Å². The zero-order valence-electron chi connectivity index (χ0n) is 12.1. The lowest BCUT2D eigenvalue weighted by Crippen LogP contribution is -2.20. The molecule has 3 heteroatoms. The number of aryl methyl sites for hydroxylation is 1. The number of hydrogen-bond acceptors (Lipinski definition) is 2. The van der Waals surface area contributed by atoms with Gasteiger partial charge in [-0.1, -0.05) is 24.3 Å². The second-order valence-corrected chi connectivity index (χ2v) is 4.86. The average Bonchev–Trinajstić information content (AvgIpc) is 2.48. The highest BCUT2D eigenvalue weighted by atomic mass is 19.1. The highest BCUT2D eigenvalue weighted by Gasteiger charge is 2.15. The normalized spacial score (nSPS) is 12.2. The van der Waals surface area contributed by atoms with E-state index in [0.717, 1.165) is 28.9 Å². The summed E-state index contributed by atoms with van der Waals surface area (Å²) in [7, 11) is 3.57. The van der Waals surface area contributed by atoms with Gasteiger partial charge >= 0.3 is 0 Å². The van der Waals surface area contributed by atoms with E-state index in [1.807, 2.05) is 44.3 Å². The molecule has 0 heterocycles. The summed E-state index contributed by atoms with van der Waals surface area (Å²) in [5, 5.41) is 3.29. The number of halogens is 1. The van der Waals surface area contributed by atoms with Gasteiger partial charge in [0.1, 0.15) is 11.6 Å². The summed E-state index contributed by atoms with van der Waals surface area (Å²) in [6, 6.07) is 12.9. The molecule has 2 aromatic carbocycles. The highest BCUT2D eigenvalue weighted by Crippen LogP contribution is 2.28. The first-order chi connectivity index (χ1) is 9.65. The minimum atomic E-state index is -0.194. The van der Waals surface area contributed by atoms with E-state index in [1.165, 1.54) is 6.07 Å². The molecule has 0 radical (unpaired) electrons. The van der Waals surface area contributed by atoms with E-state index in [9.17, 15) is 4.39 Å². The molecule has 0 aliphatic carbocycles. The third kappa shape index (κ3) is 3.17. The van der Waals surface area contributed by atoms with Crippen molar-refractivity contribution in [3.63, 3.8) is 0 Å². The molecular formula is C17H20FNO. The summed E-state index contributed by atoms with van der Waals surface area (Å²) < 4.78 is 18.8. The van der Waals surface area contributed by atoms with Gasteiger partial charge in [-0.3, -0.25) is 0 Å². The van der Waals surface area contributed by atoms with Gasteiger partial charge in [0, 0.05) is 11.6 Å². The molecule has 2 aromatic rings. The van der Waals surface area contributed by atoms with Crippen molar-refractivity contribution in [3.05, 3.63) is 65.0 Å². The number of hydrogen-bond donors (Lipinski definition) is 1. The van der Waals surface area contributed by atoms with Crippen molar-refractivity contribution in [2.45, 2.75) is 19.4 Å². The van der Waals surface area contributed by atoms with Gasteiger partial charge < -0.3 is 10.1 Å². The van der Waals surface area contributed by atoms with Crippen LogP contribution in [0.25, 0.3) is 0 Å². The Kier molecular flexibility index (Phi) is 4.74. The summed E-state index contributed by atoms with van der Waals surface area (Å²) in [6.45, 7) is 2.00. The molecule has 0 aliphatic heterocycles. The lowest BCUT2D eigenvalue weighted by molar-refractivity contribution is 0.401. The molecule has 0 bridgehead atoms. The SMILES string of the molecule is CNC(Cc1cc(F)ccc1C)c1ccccc1OC. The lowest BCUT2D eigenvalue weighted by Gasteiger charge is -2.20. The molecule has 2 nitrogen and oxygen atoms in total. The van der Waals surface area contributed by atoms with Crippen LogP contribution in [0.15, 0.2) is 42.5 Å². The minimum absolute atomic E-state index is 0.0895. The molecule has 106 valence electrons. The average molecular weight is 273 g/mol. The Morgan fingerprint density at radius 3 is 2.65 bits per heavy atom. The molecule has 0 spiro atoms. The minimum Gasteiger partial charge on any atom is -0.496 e. The van der Waals surface area contributed by atoms with Gasteiger partial charge in [-0.25, -0.2) is 4.39 Å². The van der Waals surface area contributed by atoms with Crippen LogP contribution in [0, 0.1) is 12.7 Å². The predicted molar refractivity (Wildman–Crippen MR) is 79.6 cm³/mol. The molecule has 1 unspecified atom stereocenters. The molecule has 2 rings (SSSR count). The highest BCUT2D eigenvalue weighted by molar-refractivity contribution is 5.38. The van der Waals surface area contributed by atoms with E-state index >= 15 is 0 Å². The van der Waals surface area contributed by atoms with Crippen LogP contribution in [0.3, 0.4) is 0 Å². The van der Waals surface area contributed by atoms with Gasteiger partial charge in [-0.05, 0) is 49.7 Å². The van der Waals surface area contributed by atoms with Gasteiger partial charge in [0.2, 0.25) is 0 Å². The maximum Gasteiger partial charge on any atom is 0.123 e. The van der Waals surface area contributed by atoms with Crippen molar-refractivity contribution < 1.29 is 9.13 Å². The zero-order valence-corrected chi connectivity index (χ0v) is 12.1. The lowest BCUT2D eigenvalue weighted by atomic mass is 9.95. The first-order valence-corrected chi connectivity index (χ1v) is 6.71. The summed E-state index contributed by atoms with van der Waals surface area (Å²) >= 11 is 0.